The molecule has 0 spiro atoms. The van der Waals surface area contributed by atoms with E-state index in [0.717, 1.165) is 18.4 Å². The fraction of sp³-hybridized carbons (Fsp3) is 0.556. The Hall–Kier alpha value is -1.20. The molecule has 1 aromatic carbocycles. The summed E-state index contributed by atoms with van der Waals surface area (Å²) < 4.78 is 0. The Morgan fingerprint density at radius 1 is 1.38 bits per heavy atom. The molecule has 1 N–H and O–H groups in total. The van der Waals surface area contributed by atoms with Crippen LogP contribution in [0.15, 0.2) is 24.3 Å². The second-order valence-electron chi connectivity index (χ2n) is 6.27. The largest absolute Gasteiger partial charge is 0.354 e. The molecule has 0 aromatic heterocycles. The maximum absolute atomic E-state index is 12.8. The number of rotatable bonds is 6. The number of unbranched alkanes of at least 4 members (excludes halogenated alkanes) is 1. The van der Waals surface area contributed by atoms with E-state index in [0.29, 0.717) is 17.3 Å². The van der Waals surface area contributed by atoms with Crippen LogP contribution >= 0.6 is 23.4 Å². The Kier molecular flexibility index (Phi) is 6.99. The molecule has 0 radical (unpaired) electrons. The number of benzene rings is 1. The molecular weight excluding hydrogens is 344 g/mol. The molecule has 1 fully saturated rings. The van der Waals surface area contributed by atoms with E-state index in [9.17, 15) is 9.59 Å². The molecule has 2 unspecified atom stereocenters. The van der Waals surface area contributed by atoms with Crippen molar-refractivity contribution in [1.29, 1.82) is 0 Å². The highest BCUT2D eigenvalue weighted by molar-refractivity contribution is 7.99. The average molecular weight is 369 g/mol. The maximum Gasteiger partial charge on any atom is 0.243 e. The summed E-state index contributed by atoms with van der Waals surface area (Å²) in [6, 6.07) is 7.09. The van der Waals surface area contributed by atoms with Gasteiger partial charge in [-0.25, -0.2) is 0 Å². The molecule has 0 saturated carbocycles. The van der Waals surface area contributed by atoms with Crippen molar-refractivity contribution in [2.24, 2.45) is 5.92 Å². The van der Waals surface area contributed by atoms with E-state index in [2.05, 4.69) is 12.2 Å². The highest BCUT2D eigenvalue weighted by Gasteiger charge is 2.43. The van der Waals surface area contributed by atoms with Crippen LogP contribution in [-0.2, 0) is 9.59 Å². The quantitative estimate of drug-likeness (QED) is 0.776. The zero-order valence-electron chi connectivity index (χ0n) is 14.4. The van der Waals surface area contributed by atoms with Gasteiger partial charge in [0, 0.05) is 28.8 Å². The van der Waals surface area contributed by atoms with Crippen molar-refractivity contribution in [3.63, 3.8) is 0 Å². The molecule has 1 aromatic rings. The van der Waals surface area contributed by atoms with E-state index in [1.54, 1.807) is 16.7 Å². The molecule has 1 saturated heterocycles. The highest BCUT2D eigenvalue weighted by atomic mass is 35.5. The first kappa shape index (κ1) is 19.1. The van der Waals surface area contributed by atoms with Gasteiger partial charge >= 0.3 is 0 Å². The molecule has 2 amide bonds. The Bertz CT molecular complexity index is 594. The number of nitrogens with zero attached hydrogens (tertiary/aromatic N) is 1. The van der Waals surface area contributed by atoms with Gasteiger partial charge < -0.3 is 10.2 Å². The van der Waals surface area contributed by atoms with E-state index in [-0.39, 0.29) is 23.1 Å². The molecule has 1 aliphatic heterocycles. The summed E-state index contributed by atoms with van der Waals surface area (Å²) in [5, 5.41) is 3.37. The number of hydrogen-bond acceptors (Lipinski definition) is 3. The number of carbonyl (C=O) groups is 2. The third kappa shape index (κ3) is 4.25. The Labute approximate surface area is 153 Å². The van der Waals surface area contributed by atoms with E-state index < -0.39 is 6.04 Å². The van der Waals surface area contributed by atoms with E-state index in [4.69, 9.17) is 11.6 Å². The predicted octanol–water partition coefficient (Wildman–Crippen LogP) is 3.85. The first-order chi connectivity index (χ1) is 11.5. The molecule has 24 heavy (non-hydrogen) atoms. The van der Waals surface area contributed by atoms with Crippen LogP contribution in [0.1, 0.15) is 44.6 Å². The Morgan fingerprint density at radius 3 is 2.71 bits per heavy atom. The van der Waals surface area contributed by atoms with Crippen LogP contribution in [-0.4, -0.2) is 35.1 Å². The zero-order chi connectivity index (χ0) is 17.7. The number of hydrogen-bond donors (Lipinski definition) is 1. The standard InChI is InChI=1S/C18H25ClN2O2S/c1-4-5-10-20-16(22)15-11-24-18(21(15)17(23)12(2)3)13-8-6-7-9-14(13)19/h6-9,12,15,18H,4-5,10-11H2,1-3H3,(H,20,22). The monoisotopic (exact) mass is 368 g/mol. The van der Waals surface area contributed by atoms with Gasteiger partial charge in [-0.1, -0.05) is 57.0 Å². The summed E-state index contributed by atoms with van der Waals surface area (Å²) in [6.07, 6.45) is 1.97. The molecule has 0 bridgehead atoms. The third-order valence-corrected chi connectivity index (χ3v) is 5.70. The topological polar surface area (TPSA) is 49.4 Å². The van der Waals surface area contributed by atoms with Gasteiger partial charge in [-0.15, -0.1) is 11.8 Å². The van der Waals surface area contributed by atoms with Crippen LogP contribution in [0.2, 0.25) is 5.02 Å². The lowest BCUT2D eigenvalue weighted by molar-refractivity contribution is -0.142. The smallest absolute Gasteiger partial charge is 0.243 e. The second kappa shape index (κ2) is 8.77. The van der Waals surface area contributed by atoms with Crippen LogP contribution in [0, 0.1) is 5.92 Å². The van der Waals surface area contributed by atoms with Gasteiger partial charge in [-0.3, -0.25) is 9.59 Å². The lowest BCUT2D eigenvalue weighted by atomic mass is 10.1. The van der Waals surface area contributed by atoms with Gasteiger partial charge in [0.05, 0.1) is 0 Å². The fourth-order valence-electron chi connectivity index (χ4n) is 2.70. The summed E-state index contributed by atoms with van der Waals surface area (Å²) in [5.74, 6) is 0.339. The van der Waals surface area contributed by atoms with Gasteiger partial charge in [0.25, 0.3) is 0 Å². The normalized spacial score (nSPS) is 20.5. The molecule has 2 rings (SSSR count). The zero-order valence-corrected chi connectivity index (χ0v) is 16.0. The van der Waals surface area contributed by atoms with E-state index >= 15 is 0 Å². The Balaban J connectivity index is 2.25. The summed E-state index contributed by atoms with van der Waals surface area (Å²) >= 11 is 7.93. The van der Waals surface area contributed by atoms with Crippen molar-refractivity contribution in [1.82, 2.24) is 10.2 Å². The molecule has 4 nitrogen and oxygen atoms in total. The minimum absolute atomic E-state index is 0.0134. The van der Waals surface area contributed by atoms with Crippen molar-refractivity contribution in [2.45, 2.75) is 45.0 Å². The number of nitrogens with one attached hydrogen (secondary N) is 1. The second-order valence-corrected chi connectivity index (χ2v) is 7.79. The van der Waals surface area contributed by atoms with E-state index in [1.165, 1.54) is 0 Å². The van der Waals surface area contributed by atoms with Crippen molar-refractivity contribution in [3.05, 3.63) is 34.9 Å². The predicted molar refractivity (Wildman–Crippen MR) is 100 cm³/mol. The van der Waals surface area contributed by atoms with Gasteiger partial charge in [-0.2, -0.15) is 0 Å². The Morgan fingerprint density at radius 2 is 2.08 bits per heavy atom. The average Bonchev–Trinajstić information content (AvgIpc) is 2.99. The molecule has 1 aliphatic rings. The number of carbonyl (C=O) groups excluding carboxylic acids is 2. The van der Waals surface area contributed by atoms with Crippen LogP contribution in [0.4, 0.5) is 0 Å². The summed E-state index contributed by atoms with van der Waals surface area (Å²) in [7, 11) is 0. The lowest BCUT2D eigenvalue weighted by Gasteiger charge is -2.31. The minimum Gasteiger partial charge on any atom is -0.354 e. The van der Waals surface area contributed by atoms with Crippen LogP contribution in [0.25, 0.3) is 0 Å². The molecular formula is C18H25ClN2O2S. The number of halogens is 1. The number of thioether (sulfide) groups is 1. The van der Waals surface area contributed by atoms with E-state index in [1.807, 2.05) is 38.1 Å². The fourth-order valence-corrected chi connectivity index (χ4v) is 4.47. The van der Waals surface area contributed by atoms with Gasteiger partial charge in [-0.05, 0) is 12.5 Å². The minimum atomic E-state index is -0.442. The van der Waals surface area contributed by atoms with Crippen molar-refractivity contribution < 1.29 is 9.59 Å². The van der Waals surface area contributed by atoms with Crippen molar-refractivity contribution in [3.8, 4) is 0 Å². The van der Waals surface area contributed by atoms with Gasteiger partial charge in [0.2, 0.25) is 11.8 Å². The van der Waals surface area contributed by atoms with Crippen molar-refractivity contribution in [2.75, 3.05) is 12.3 Å². The summed E-state index contributed by atoms with van der Waals surface area (Å²) in [4.78, 5) is 27.1. The van der Waals surface area contributed by atoms with Crippen LogP contribution < -0.4 is 5.32 Å². The summed E-state index contributed by atoms with van der Waals surface area (Å²) in [6.45, 7) is 6.46. The SMILES string of the molecule is CCCCNC(=O)C1CSC(c2ccccc2Cl)N1C(=O)C(C)C. The molecule has 6 heteroatoms. The molecule has 1 heterocycles. The molecule has 132 valence electrons. The van der Waals surface area contributed by atoms with Gasteiger partial charge in [0.15, 0.2) is 0 Å². The summed E-state index contributed by atoms with van der Waals surface area (Å²) in [5.41, 5.74) is 0.891. The molecule has 0 aliphatic carbocycles. The highest BCUT2D eigenvalue weighted by Crippen LogP contribution is 2.44. The third-order valence-electron chi connectivity index (χ3n) is 4.05. The van der Waals surface area contributed by atoms with Crippen LogP contribution in [0.3, 0.4) is 0 Å². The maximum atomic E-state index is 12.8. The van der Waals surface area contributed by atoms with Crippen LogP contribution in [0.5, 0.6) is 0 Å². The van der Waals surface area contributed by atoms with Crippen molar-refractivity contribution >= 4 is 35.2 Å². The lowest BCUT2D eigenvalue weighted by Crippen LogP contribution is -2.49. The first-order valence-corrected chi connectivity index (χ1v) is 9.86. The van der Waals surface area contributed by atoms with Gasteiger partial charge in [0.1, 0.15) is 11.4 Å². The molecule has 2 atom stereocenters. The first-order valence-electron chi connectivity index (χ1n) is 8.43. The number of amides is 2.